The second kappa shape index (κ2) is 9.45. The van der Waals surface area contributed by atoms with Crippen LogP contribution in [0.4, 0.5) is 5.82 Å². The van der Waals surface area contributed by atoms with Crippen molar-refractivity contribution in [1.29, 1.82) is 0 Å². The number of carbonyl (C=O) groups excluding carboxylic acids is 1. The summed E-state index contributed by atoms with van der Waals surface area (Å²) in [5, 5.41) is 2.88. The lowest BCUT2D eigenvalue weighted by molar-refractivity contribution is 0.0945. The highest BCUT2D eigenvalue weighted by molar-refractivity contribution is 5.92. The first-order valence-corrected chi connectivity index (χ1v) is 8.99. The lowest BCUT2D eigenvalue weighted by atomic mass is 10.2. The maximum atomic E-state index is 12.5. The largest absolute Gasteiger partial charge is 0.496 e. The number of hydrogen-bond acceptors (Lipinski definition) is 6. The Bertz CT molecular complexity index is 917. The number of nitrogens with one attached hydrogen (secondary N) is 1. The van der Waals surface area contributed by atoms with Gasteiger partial charge in [0.2, 0.25) is 0 Å². The first kappa shape index (κ1) is 19.3. The number of pyridine rings is 1. The second-order valence-electron chi connectivity index (χ2n) is 6.28. The van der Waals surface area contributed by atoms with Gasteiger partial charge in [-0.05, 0) is 30.2 Å². The number of hydrogen-bond donors (Lipinski definition) is 1. The number of methoxy groups -OCH3 is 1. The van der Waals surface area contributed by atoms with Gasteiger partial charge in [-0.2, -0.15) is 0 Å². The summed E-state index contributed by atoms with van der Waals surface area (Å²) in [6, 6.07) is 13.3. The van der Waals surface area contributed by atoms with Gasteiger partial charge in [0.1, 0.15) is 23.6 Å². The molecule has 0 bridgehead atoms. The number of amides is 1. The maximum absolute atomic E-state index is 12.5. The summed E-state index contributed by atoms with van der Waals surface area (Å²) in [6.07, 6.45) is 5.84. The fourth-order valence-electron chi connectivity index (χ4n) is 2.76. The van der Waals surface area contributed by atoms with Crippen molar-refractivity contribution < 1.29 is 9.53 Å². The Kier molecular flexibility index (Phi) is 6.51. The van der Waals surface area contributed by atoms with Crippen LogP contribution in [0.1, 0.15) is 21.6 Å². The summed E-state index contributed by atoms with van der Waals surface area (Å²) in [6.45, 7) is 1.13. The van der Waals surface area contributed by atoms with Crippen molar-refractivity contribution in [2.75, 3.05) is 25.6 Å². The third-order valence-corrected chi connectivity index (χ3v) is 4.39. The summed E-state index contributed by atoms with van der Waals surface area (Å²) in [4.78, 5) is 26.9. The maximum Gasteiger partial charge on any atom is 0.270 e. The summed E-state index contributed by atoms with van der Waals surface area (Å²) in [5.74, 6) is 1.19. The lowest BCUT2D eigenvalue weighted by Gasteiger charge is -2.18. The second-order valence-corrected chi connectivity index (χ2v) is 6.28. The molecule has 0 unspecified atom stereocenters. The predicted octanol–water partition coefficient (Wildman–Crippen LogP) is 2.49. The molecule has 0 radical (unpaired) electrons. The van der Waals surface area contributed by atoms with Gasteiger partial charge in [0.15, 0.2) is 0 Å². The summed E-state index contributed by atoms with van der Waals surface area (Å²) in [5.41, 5.74) is 2.43. The number of likely N-dealkylation sites (N-methyl/N-ethyl adjacent to an activating group) is 1. The van der Waals surface area contributed by atoms with Crippen molar-refractivity contribution in [1.82, 2.24) is 20.3 Å². The number of benzene rings is 1. The number of para-hydroxylation sites is 1. The van der Waals surface area contributed by atoms with Crippen LogP contribution in [0, 0.1) is 0 Å². The molecule has 3 rings (SSSR count). The van der Waals surface area contributed by atoms with Crippen LogP contribution >= 0.6 is 0 Å². The van der Waals surface area contributed by atoms with Gasteiger partial charge >= 0.3 is 0 Å². The molecule has 2 aromatic heterocycles. The number of rotatable bonds is 8. The van der Waals surface area contributed by atoms with E-state index in [0.29, 0.717) is 18.1 Å². The van der Waals surface area contributed by atoms with E-state index in [1.807, 2.05) is 48.3 Å². The zero-order valence-corrected chi connectivity index (χ0v) is 16.0. The third kappa shape index (κ3) is 5.03. The smallest absolute Gasteiger partial charge is 0.270 e. The van der Waals surface area contributed by atoms with Crippen molar-refractivity contribution in [2.45, 2.75) is 13.0 Å². The Labute approximate surface area is 164 Å². The van der Waals surface area contributed by atoms with E-state index in [1.54, 1.807) is 25.6 Å². The van der Waals surface area contributed by atoms with Crippen LogP contribution in [-0.4, -0.2) is 41.6 Å². The molecule has 0 fully saturated rings. The minimum Gasteiger partial charge on any atom is -0.496 e. The fraction of sp³-hybridized carbons (Fsp3) is 0.238. The van der Waals surface area contributed by atoms with Gasteiger partial charge in [0, 0.05) is 44.2 Å². The van der Waals surface area contributed by atoms with Crippen LogP contribution in [0.15, 0.2) is 61.2 Å². The van der Waals surface area contributed by atoms with E-state index in [0.717, 1.165) is 24.3 Å². The Morgan fingerprint density at radius 1 is 1.14 bits per heavy atom. The van der Waals surface area contributed by atoms with Crippen LogP contribution in [-0.2, 0) is 13.0 Å². The fourth-order valence-corrected chi connectivity index (χ4v) is 2.76. The zero-order chi connectivity index (χ0) is 19.8. The number of carbonyl (C=O) groups is 1. The number of ether oxygens (including phenoxy) is 1. The molecule has 0 aliphatic rings. The molecule has 144 valence electrons. The summed E-state index contributed by atoms with van der Waals surface area (Å²) in [7, 11) is 3.55. The van der Waals surface area contributed by atoms with Gasteiger partial charge in [-0.15, -0.1) is 0 Å². The highest BCUT2D eigenvalue weighted by Gasteiger charge is 2.12. The predicted molar refractivity (Wildman–Crippen MR) is 107 cm³/mol. The first-order valence-electron chi connectivity index (χ1n) is 8.99. The molecular formula is C21H23N5O2. The highest BCUT2D eigenvalue weighted by Crippen LogP contribution is 2.17. The van der Waals surface area contributed by atoms with Crippen molar-refractivity contribution in [3.05, 3.63) is 78.0 Å². The standard InChI is InChI=1S/C21H23N5O2/c1-26(12-9-16-7-10-22-11-8-16)20-13-18(24-15-25-20)21(27)23-14-17-5-3-4-6-19(17)28-2/h3-8,10-11,13,15H,9,12,14H2,1-2H3,(H,23,27). The Hall–Kier alpha value is -3.48. The minimum absolute atomic E-state index is 0.253. The van der Waals surface area contributed by atoms with Crippen molar-refractivity contribution >= 4 is 11.7 Å². The van der Waals surface area contributed by atoms with Crippen LogP contribution in [0.5, 0.6) is 5.75 Å². The van der Waals surface area contributed by atoms with E-state index in [1.165, 1.54) is 11.9 Å². The van der Waals surface area contributed by atoms with Gasteiger partial charge in [-0.3, -0.25) is 9.78 Å². The van der Waals surface area contributed by atoms with E-state index in [2.05, 4.69) is 20.3 Å². The Morgan fingerprint density at radius 3 is 2.71 bits per heavy atom. The summed E-state index contributed by atoms with van der Waals surface area (Å²) < 4.78 is 5.31. The molecule has 7 nitrogen and oxygen atoms in total. The molecule has 0 saturated heterocycles. The molecule has 1 aromatic carbocycles. The van der Waals surface area contributed by atoms with E-state index < -0.39 is 0 Å². The molecular weight excluding hydrogens is 354 g/mol. The lowest BCUT2D eigenvalue weighted by Crippen LogP contribution is -2.26. The average Bonchev–Trinajstić information content (AvgIpc) is 2.76. The minimum atomic E-state index is -0.253. The monoisotopic (exact) mass is 377 g/mol. The molecule has 0 atom stereocenters. The first-order chi connectivity index (χ1) is 13.7. The zero-order valence-electron chi connectivity index (χ0n) is 16.0. The Morgan fingerprint density at radius 2 is 1.93 bits per heavy atom. The number of anilines is 1. The summed E-state index contributed by atoms with van der Waals surface area (Å²) >= 11 is 0. The van der Waals surface area contributed by atoms with E-state index >= 15 is 0 Å². The van der Waals surface area contributed by atoms with Crippen LogP contribution in [0.25, 0.3) is 0 Å². The van der Waals surface area contributed by atoms with Gasteiger partial charge in [0.05, 0.1) is 7.11 Å². The van der Waals surface area contributed by atoms with Crippen molar-refractivity contribution in [2.24, 2.45) is 0 Å². The molecule has 0 aliphatic heterocycles. The van der Waals surface area contributed by atoms with E-state index in [9.17, 15) is 4.79 Å². The molecule has 1 amide bonds. The van der Waals surface area contributed by atoms with Gasteiger partial charge in [-0.25, -0.2) is 9.97 Å². The topological polar surface area (TPSA) is 80.2 Å². The third-order valence-electron chi connectivity index (χ3n) is 4.39. The molecule has 0 saturated carbocycles. The van der Waals surface area contributed by atoms with Crippen LogP contribution in [0.3, 0.4) is 0 Å². The van der Waals surface area contributed by atoms with Gasteiger partial charge in [-0.1, -0.05) is 18.2 Å². The van der Waals surface area contributed by atoms with E-state index in [-0.39, 0.29) is 5.91 Å². The van der Waals surface area contributed by atoms with Crippen molar-refractivity contribution in [3.63, 3.8) is 0 Å². The number of nitrogens with zero attached hydrogens (tertiary/aromatic N) is 4. The molecule has 1 N–H and O–H groups in total. The molecule has 0 aliphatic carbocycles. The molecule has 28 heavy (non-hydrogen) atoms. The Balaban J connectivity index is 1.61. The van der Waals surface area contributed by atoms with E-state index in [4.69, 9.17) is 4.74 Å². The normalized spacial score (nSPS) is 10.4. The number of aromatic nitrogens is 3. The van der Waals surface area contributed by atoms with Crippen LogP contribution in [0.2, 0.25) is 0 Å². The highest BCUT2D eigenvalue weighted by atomic mass is 16.5. The van der Waals surface area contributed by atoms with Gasteiger partial charge < -0.3 is 15.0 Å². The quantitative estimate of drug-likeness (QED) is 0.650. The molecule has 7 heteroatoms. The molecule has 0 spiro atoms. The molecule has 2 heterocycles. The SMILES string of the molecule is COc1ccccc1CNC(=O)c1cc(N(C)CCc2ccncc2)ncn1. The van der Waals surface area contributed by atoms with Gasteiger partial charge in [0.25, 0.3) is 5.91 Å². The van der Waals surface area contributed by atoms with Crippen LogP contribution < -0.4 is 15.0 Å². The van der Waals surface area contributed by atoms with Crippen molar-refractivity contribution in [3.8, 4) is 5.75 Å². The average molecular weight is 377 g/mol. The molecule has 3 aromatic rings.